The number of likely N-dealkylation sites (tertiary alicyclic amines) is 1. The molecule has 2 aromatic rings. The minimum absolute atomic E-state index is 0.257. The molecule has 0 aliphatic carbocycles. The highest BCUT2D eigenvalue weighted by molar-refractivity contribution is 5.76. The van der Waals surface area contributed by atoms with Crippen LogP contribution in [0.3, 0.4) is 0 Å². The van der Waals surface area contributed by atoms with E-state index in [4.69, 9.17) is 4.52 Å². The van der Waals surface area contributed by atoms with E-state index in [2.05, 4.69) is 17.1 Å². The van der Waals surface area contributed by atoms with Crippen LogP contribution in [-0.2, 0) is 4.79 Å². The number of carbonyl (C=O) groups is 1. The summed E-state index contributed by atoms with van der Waals surface area (Å²) in [5, 5.41) is 4.12. The van der Waals surface area contributed by atoms with Gasteiger partial charge in [-0.3, -0.25) is 4.79 Å². The van der Waals surface area contributed by atoms with Gasteiger partial charge in [0.2, 0.25) is 17.6 Å². The highest BCUT2D eigenvalue weighted by atomic mass is 16.5. The summed E-state index contributed by atoms with van der Waals surface area (Å²) in [6.45, 7) is 3.81. The van der Waals surface area contributed by atoms with Gasteiger partial charge in [0.1, 0.15) is 0 Å². The van der Waals surface area contributed by atoms with Gasteiger partial charge < -0.3 is 9.42 Å². The van der Waals surface area contributed by atoms with Crippen molar-refractivity contribution in [2.45, 2.75) is 70.6 Å². The number of benzene rings is 1. The summed E-state index contributed by atoms with van der Waals surface area (Å²) in [6.07, 6.45) is 9.81. The first kappa shape index (κ1) is 19.6. The zero-order valence-electron chi connectivity index (χ0n) is 16.4. The van der Waals surface area contributed by atoms with E-state index in [1.165, 1.54) is 32.1 Å². The maximum atomic E-state index is 12.4. The number of aromatic nitrogens is 2. The Balaban J connectivity index is 1.41. The minimum atomic E-state index is 0.257. The summed E-state index contributed by atoms with van der Waals surface area (Å²) in [6, 6.07) is 9.89. The molecule has 0 saturated carbocycles. The first-order valence-electron chi connectivity index (χ1n) is 10.4. The maximum Gasteiger partial charge on any atom is 0.230 e. The zero-order valence-corrected chi connectivity index (χ0v) is 16.4. The lowest BCUT2D eigenvalue weighted by atomic mass is 9.96. The monoisotopic (exact) mass is 369 g/mol. The maximum absolute atomic E-state index is 12.4. The Hall–Kier alpha value is -2.17. The fraction of sp³-hybridized carbons (Fsp3) is 0.591. The molecule has 5 heteroatoms. The highest BCUT2D eigenvalue weighted by Crippen LogP contribution is 2.28. The van der Waals surface area contributed by atoms with Crippen LogP contribution in [0.2, 0.25) is 0 Å². The molecule has 1 aromatic heterocycles. The highest BCUT2D eigenvalue weighted by Gasteiger charge is 2.27. The molecule has 146 valence electrons. The second-order valence-corrected chi connectivity index (χ2v) is 7.50. The molecule has 0 N–H and O–H groups in total. The molecule has 0 bridgehead atoms. The summed E-state index contributed by atoms with van der Waals surface area (Å²) in [5.41, 5.74) is 0.971. The first-order valence-corrected chi connectivity index (χ1v) is 10.4. The topological polar surface area (TPSA) is 59.2 Å². The normalized spacial score (nSPS) is 15.2. The van der Waals surface area contributed by atoms with Crippen LogP contribution in [0.4, 0.5) is 0 Å². The largest absolute Gasteiger partial charge is 0.343 e. The number of carbonyl (C=O) groups excluding carboxylic acids is 1. The van der Waals surface area contributed by atoms with Crippen molar-refractivity contribution >= 4 is 5.91 Å². The molecular formula is C22H31N3O2. The Morgan fingerprint density at radius 2 is 1.78 bits per heavy atom. The first-order chi connectivity index (χ1) is 13.3. The molecule has 0 atom stereocenters. The number of rotatable bonds is 9. The molecule has 2 heterocycles. The van der Waals surface area contributed by atoms with Crippen LogP contribution >= 0.6 is 0 Å². The van der Waals surface area contributed by atoms with Gasteiger partial charge in [0.15, 0.2) is 0 Å². The van der Waals surface area contributed by atoms with E-state index in [0.717, 1.165) is 37.9 Å². The van der Waals surface area contributed by atoms with Crippen LogP contribution in [0, 0.1) is 0 Å². The minimum Gasteiger partial charge on any atom is -0.343 e. The van der Waals surface area contributed by atoms with Crippen molar-refractivity contribution < 1.29 is 9.32 Å². The number of piperidine rings is 1. The predicted octanol–water partition coefficient (Wildman–Crippen LogP) is 5.19. The van der Waals surface area contributed by atoms with Crippen LogP contribution < -0.4 is 0 Å². The van der Waals surface area contributed by atoms with E-state index in [0.29, 0.717) is 24.0 Å². The van der Waals surface area contributed by atoms with Crippen molar-refractivity contribution in [3.05, 3.63) is 36.2 Å². The molecule has 27 heavy (non-hydrogen) atoms. The smallest absolute Gasteiger partial charge is 0.230 e. The molecule has 0 unspecified atom stereocenters. The Morgan fingerprint density at radius 3 is 2.52 bits per heavy atom. The summed E-state index contributed by atoms with van der Waals surface area (Å²) in [4.78, 5) is 19.0. The van der Waals surface area contributed by atoms with Gasteiger partial charge in [-0.05, 0) is 19.3 Å². The molecule has 1 aliphatic heterocycles. The summed E-state index contributed by atoms with van der Waals surface area (Å²) < 4.78 is 5.50. The van der Waals surface area contributed by atoms with Crippen molar-refractivity contribution in [2.24, 2.45) is 0 Å². The second kappa shape index (κ2) is 10.2. The van der Waals surface area contributed by atoms with Crippen LogP contribution in [-0.4, -0.2) is 34.0 Å². The third-order valence-electron chi connectivity index (χ3n) is 5.41. The molecule has 0 radical (unpaired) electrons. The van der Waals surface area contributed by atoms with Gasteiger partial charge in [-0.25, -0.2) is 0 Å². The Bertz CT molecular complexity index is 691. The van der Waals surface area contributed by atoms with E-state index < -0.39 is 0 Å². The quantitative estimate of drug-likeness (QED) is 0.571. The molecule has 1 aliphatic rings. The fourth-order valence-electron chi connectivity index (χ4n) is 3.70. The van der Waals surface area contributed by atoms with E-state index in [-0.39, 0.29) is 5.92 Å². The zero-order chi connectivity index (χ0) is 18.9. The van der Waals surface area contributed by atoms with Crippen molar-refractivity contribution in [3.63, 3.8) is 0 Å². The molecule has 3 rings (SSSR count). The standard InChI is InChI=1S/C22H31N3O2/c1-2-3-4-5-6-10-13-20(26)25-16-14-19(15-17-25)22-23-21(24-27-22)18-11-8-7-9-12-18/h7-9,11-12,19H,2-6,10,13-17H2,1H3. The fourth-order valence-corrected chi connectivity index (χ4v) is 3.70. The van der Waals surface area contributed by atoms with Gasteiger partial charge in [0.25, 0.3) is 0 Å². The number of unbranched alkanes of at least 4 members (excludes halogenated alkanes) is 5. The Morgan fingerprint density at radius 1 is 1.07 bits per heavy atom. The third-order valence-corrected chi connectivity index (χ3v) is 5.41. The lowest BCUT2D eigenvalue weighted by Crippen LogP contribution is -2.37. The molecule has 1 saturated heterocycles. The Kier molecular flexibility index (Phi) is 7.43. The van der Waals surface area contributed by atoms with Crippen molar-refractivity contribution in [1.29, 1.82) is 0 Å². The van der Waals surface area contributed by atoms with Crippen molar-refractivity contribution in [1.82, 2.24) is 15.0 Å². The molecule has 1 fully saturated rings. The van der Waals surface area contributed by atoms with Crippen LogP contribution in [0.15, 0.2) is 34.9 Å². The lowest BCUT2D eigenvalue weighted by Gasteiger charge is -2.30. The van der Waals surface area contributed by atoms with E-state index in [1.54, 1.807) is 0 Å². The molecule has 5 nitrogen and oxygen atoms in total. The van der Waals surface area contributed by atoms with Crippen LogP contribution in [0.1, 0.15) is 76.5 Å². The van der Waals surface area contributed by atoms with Gasteiger partial charge in [-0.2, -0.15) is 4.98 Å². The number of nitrogens with zero attached hydrogens (tertiary/aromatic N) is 3. The van der Waals surface area contributed by atoms with E-state index >= 15 is 0 Å². The van der Waals surface area contributed by atoms with Crippen molar-refractivity contribution in [2.75, 3.05) is 13.1 Å². The summed E-state index contributed by atoms with van der Waals surface area (Å²) in [7, 11) is 0. The number of amides is 1. The number of hydrogen-bond acceptors (Lipinski definition) is 4. The van der Waals surface area contributed by atoms with Gasteiger partial charge in [0.05, 0.1) is 0 Å². The van der Waals surface area contributed by atoms with Crippen molar-refractivity contribution in [3.8, 4) is 11.4 Å². The molecular weight excluding hydrogens is 338 g/mol. The predicted molar refractivity (Wildman–Crippen MR) is 106 cm³/mol. The summed E-state index contributed by atoms with van der Waals surface area (Å²) in [5.74, 6) is 1.91. The second-order valence-electron chi connectivity index (χ2n) is 7.50. The Labute approximate surface area is 162 Å². The molecule has 1 aromatic carbocycles. The van der Waals surface area contributed by atoms with Crippen LogP contribution in [0.5, 0.6) is 0 Å². The lowest BCUT2D eigenvalue weighted by molar-refractivity contribution is -0.132. The third kappa shape index (κ3) is 5.65. The average molecular weight is 370 g/mol. The molecule has 0 spiro atoms. The van der Waals surface area contributed by atoms with Gasteiger partial charge in [-0.1, -0.05) is 74.5 Å². The summed E-state index contributed by atoms with van der Waals surface area (Å²) >= 11 is 0. The van der Waals surface area contributed by atoms with Gasteiger partial charge >= 0.3 is 0 Å². The van der Waals surface area contributed by atoms with E-state index in [1.807, 2.05) is 35.2 Å². The van der Waals surface area contributed by atoms with E-state index in [9.17, 15) is 4.79 Å². The SMILES string of the molecule is CCCCCCCCC(=O)N1CCC(c2nc(-c3ccccc3)no2)CC1. The van der Waals surface area contributed by atoms with Gasteiger partial charge in [0, 0.05) is 31.0 Å². The number of hydrogen-bond donors (Lipinski definition) is 0. The average Bonchev–Trinajstić information content (AvgIpc) is 3.21. The van der Waals surface area contributed by atoms with Crippen LogP contribution in [0.25, 0.3) is 11.4 Å². The van der Waals surface area contributed by atoms with Gasteiger partial charge in [-0.15, -0.1) is 0 Å². The molecule has 1 amide bonds.